The number of hydrogen-bond acceptors (Lipinski definition) is 3. The van der Waals surface area contributed by atoms with Crippen LogP contribution in [0, 0.1) is 12.3 Å². The standard InChI is InChI=1S/C9H17NO2S/c1-4-6-10-8-9(3)13(11,12)7-5-2/h1,9-10H,5-8H2,2-3H3. The first-order valence-electron chi connectivity index (χ1n) is 4.40. The molecule has 0 aliphatic heterocycles. The van der Waals surface area contributed by atoms with Gasteiger partial charge in [-0.15, -0.1) is 6.42 Å². The van der Waals surface area contributed by atoms with Gasteiger partial charge in [-0.1, -0.05) is 12.8 Å². The van der Waals surface area contributed by atoms with E-state index in [2.05, 4.69) is 11.2 Å². The van der Waals surface area contributed by atoms with Gasteiger partial charge in [-0.2, -0.15) is 0 Å². The fourth-order valence-electron chi connectivity index (χ4n) is 0.960. The van der Waals surface area contributed by atoms with Crippen molar-refractivity contribution in [3.63, 3.8) is 0 Å². The lowest BCUT2D eigenvalue weighted by Crippen LogP contribution is -2.32. The Hall–Kier alpha value is -0.530. The van der Waals surface area contributed by atoms with Crippen molar-refractivity contribution in [2.24, 2.45) is 0 Å². The summed E-state index contributed by atoms with van der Waals surface area (Å²) in [5.41, 5.74) is 0. The first kappa shape index (κ1) is 12.5. The minimum Gasteiger partial charge on any atom is -0.305 e. The molecule has 0 saturated heterocycles. The van der Waals surface area contributed by atoms with Crippen LogP contribution in [0.1, 0.15) is 20.3 Å². The van der Waals surface area contributed by atoms with Gasteiger partial charge in [0.2, 0.25) is 0 Å². The van der Waals surface area contributed by atoms with Crippen molar-refractivity contribution in [3.8, 4) is 12.3 Å². The fourth-order valence-corrected chi connectivity index (χ4v) is 2.30. The third kappa shape index (κ3) is 4.91. The van der Waals surface area contributed by atoms with Crippen molar-refractivity contribution in [1.82, 2.24) is 5.32 Å². The third-order valence-corrected chi connectivity index (χ3v) is 4.13. The second-order valence-electron chi connectivity index (χ2n) is 3.01. The molecular weight excluding hydrogens is 186 g/mol. The highest BCUT2D eigenvalue weighted by Gasteiger charge is 2.18. The normalized spacial score (nSPS) is 13.6. The molecule has 0 aliphatic rings. The zero-order valence-electron chi connectivity index (χ0n) is 8.21. The van der Waals surface area contributed by atoms with Crippen LogP contribution in [0.2, 0.25) is 0 Å². The quantitative estimate of drug-likeness (QED) is 0.503. The van der Waals surface area contributed by atoms with Crippen LogP contribution in [-0.4, -0.2) is 32.5 Å². The van der Waals surface area contributed by atoms with Crippen LogP contribution < -0.4 is 5.32 Å². The third-order valence-electron chi connectivity index (χ3n) is 1.76. The summed E-state index contributed by atoms with van der Waals surface area (Å²) in [6, 6.07) is 0. The number of nitrogens with one attached hydrogen (secondary N) is 1. The predicted octanol–water partition coefficient (Wildman–Crippen LogP) is 0.422. The summed E-state index contributed by atoms with van der Waals surface area (Å²) in [5, 5.41) is 2.54. The highest BCUT2D eigenvalue weighted by molar-refractivity contribution is 7.92. The minimum absolute atomic E-state index is 0.256. The predicted molar refractivity (Wildman–Crippen MR) is 55.2 cm³/mol. The van der Waals surface area contributed by atoms with Crippen molar-refractivity contribution in [1.29, 1.82) is 0 Å². The van der Waals surface area contributed by atoms with E-state index in [9.17, 15) is 8.42 Å². The molecule has 0 heterocycles. The van der Waals surface area contributed by atoms with E-state index in [0.717, 1.165) is 0 Å². The van der Waals surface area contributed by atoms with E-state index in [1.807, 2.05) is 6.92 Å². The van der Waals surface area contributed by atoms with Crippen LogP contribution in [0.25, 0.3) is 0 Å². The number of rotatable bonds is 6. The Balaban J connectivity index is 3.96. The summed E-state index contributed by atoms with van der Waals surface area (Å²) in [4.78, 5) is 0. The average molecular weight is 203 g/mol. The van der Waals surface area contributed by atoms with Gasteiger partial charge in [-0.25, -0.2) is 8.42 Å². The Morgan fingerprint density at radius 1 is 1.54 bits per heavy atom. The number of hydrogen-bond donors (Lipinski definition) is 1. The first-order valence-corrected chi connectivity index (χ1v) is 6.12. The van der Waals surface area contributed by atoms with Gasteiger partial charge in [0.15, 0.2) is 9.84 Å². The Labute approximate surface area is 80.8 Å². The van der Waals surface area contributed by atoms with Crippen molar-refractivity contribution in [3.05, 3.63) is 0 Å². The molecule has 0 spiro atoms. The molecule has 1 atom stereocenters. The molecule has 0 amide bonds. The lowest BCUT2D eigenvalue weighted by molar-refractivity contribution is 0.575. The van der Waals surface area contributed by atoms with E-state index in [1.165, 1.54) is 0 Å². The molecule has 0 fully saturated rings. The van der Waals surface area contributed by atoms with Crippen LogP contribution in [0.15, 0.2) is 0 Å². The Morgan fingerprint density at radius 3 is 2.62 bits per heavy atom. The monoisotopic (exact) mass is 203 g/mol. The molecule has 0 aromatic rings. The van der Waals surface area contributed by atoms with Crippen LogP contribution >= 0.6 is 0 Å². The topological polar surface area (TPSA) is 46.2 Å². The molecule has 0 radical (unpaired) electrons. The Bertz CT molecular complexity index is 264. The summed E-state index contributed by atoms with van der Waals surface area (Å²) in [5.74, 6) is 2.66. The van der Waals surface area contributed by atoms with Crippen LogP contribution in [0.5, 0.6) is 0 Å². The van der Waals surface area contributed by atoms with E-state index in [0.29, 0.717) is 19.5 Å². The summed E-state index contributed by atoms with van der Waals surface area (Å²) in [6.07, 6.45) is 5.69. The Morgan fingerprint density at radius 2 is 2.15 bits per heavy atom. The molecule has 0 aromatic carbocycles. The summed E-state index contributed by atoms with van der Waals surface area (Å²) >= 11 is 0. The van der Waals surface area contributed by atoms with Crippen LogP contribution in [-0.2, 0) is 9.84 Å². The highest BCUT2D eigenvalue weighted by Crippen LogP contribution is 2.02. The molecule has 3 nitrogen and oxygen atoms in total. The first-order chi connectivity index (χ1) is 6.04. The molecule has 0 saturated carbocycles. The second-order valence-corrected chi connectivity index (χ2v) is 5.55. The second kappa shape index (κ2) is 6.01. The van der Waals surface area contributed by atoms with Crippen molar-refractivity contribution in [2.45, 2.75) is 25.5 Å². The van der Waals surface area contributed by atoms with Gasteiger partial charge in [-0.05, 0) is 13.3 Å². The van der Waals surface area contributed by atoms with Crippen molar-refractivity contribution < 1.29 is 8.42 Å². The van der Waals surface area contributed by atoms with Gasteiger partial charge in [-0.3, -0.25) is 0 Å². The molecule has 0 rings (SSSR count). The molecule has 1 unspecified atom stereocenters. The molecule has 0 aliphatic carbocycles. The lowest BCUT2D eigenvalue weighted by atomic mass is 10.4. The fraction of sp³-hybridized carbons (Fsp3) is 0.778. The van der Waals surface area contributed by atoms with E-state index < -0.39 is 9.84 Å². The minimum atomic E-state index is -2.92. The molecule has 0 bridgehead atoms. The maximum Gasteiger partial charge on any atom is 0.154 e. The van der Waals surface area contributed by atoms with Crippen molar-refractivity contribution >= 4 is 9.84 Å². The summed E-state index contributed by atoms with van der Waals surface area (Å²) < 4.78 is 22.9. The number of terminal acetylenes is 1. The SMILES string of the molecule is C#CCNCC(C)S(=O)(=O)CCC. The lowest BCUT2D eigenvalue weighted by Gasteiger charge is -2.11. The average Bonchev–Trinajstić information content (AvgIpc) is 2.04. The molecule has 1 N–H and O–H groups in total. The summed E-state index contributed by atoms with van der Waals surface area (Å²) in [7, 11) is -2.92. The molecule has 76 valence electrons. The van der Waals surface area contributed by atoms with Gasteiger partial charge in [0, 0.05) is 6.54 Å². The zero-order chi connectivity index (χ0) is 10.3. The van der Waals surface area contributed by atoms with Gasteiger partial charge < -0.3 is 5.32 Å². The Kier molecular flexibility index (Phi) is 5.76. The van der Waals surface area contributed by atoms with Gasteiger partial charge in [0.25, 0.3) is 0 Å². The summed E-state index contributed by atoms with van der Waals surface area (Å²) in [6.45, 7) is 4.42. The van der Waals surface area contributed by atoms with Gasteiger partial charge in [0.05, 0.1) is 17.5 Å². The molecule has 4 heteroatoms. The van der Waals surface area contributed by atoms with E-state index in [-0.39, 0.29) is 11.0 Å². The van der Waals surface area contributed by atoms with Crippen molar-refractivity contribution in [2.75, 3.05) is 18.8 Å². The van der Waals surface area contributed by atoms with Crippen LogP contribution in [0.3, 0.4) is 0 Å². The highest BCUT2D eigenvalue weighted by atomic mass is 32.2. The maximum absolute atomic E-state index is 11.4. The number of sulfone groups is 1. The maximum atomic E-state index is 11.4. The zero-order valence-corrected chi connectivity index (χ0v) is 9.02. The van der Waals surface area contributed by atoms with Gasteiger partial charge >= 0.3 is 0 Å². The van der Waals surface area contributed by atoms with Gasteiger partial charge in [0.1, 0.15) is 0 Å². The van der Waals surface area contributed by atoms with E-state index in [1.54, 1.807) is 6.92 Å². The molecule has 13 heavy (non-hydrogen) atoms. The molecule has 0 aromatic heterocycles. The van der Waals surface area contributed by atoms with Crippen LogP contribution in [0.4, 0.5) is 0 Å². The van der Waals surface area contributed by atoms with E-state index in [4.69, 9.17) is 6.42 Å². The van der Waals surface area contributed by atoms with E-state index >= 15 is 0 Å². The largest absolute Gasteiger partial charge is 0.305 e. The molecular formula is C9H17NO2S. The smallest absolute Gasteiger partial charge is 0.154 e.